The third kappa shape index (κ3) is 4.41. The Morgan fingerprint density at radius 3 is 2.76 bits per heavy atom. The van der Waals surface area contributed by atoms with Crippen LogP contribution in [0.15, 0.2) is 24.8 Å². The van der Waals surface area contributed by atoms with Crippen molar-refractivity contribution < 1.29 is 4.79 Å². The molecule has 3 N–H and O–H groups in total. The fourth-order valence-corrected chi connectivity index (χ4v) is 1.74. The zero-order valence-electron chi connectivity index (χ0n) is 11.9. The maximum atomic E-state index is 11.7. The van der Waals surface area contributed by atoms with Gasteiger partial charge in [-0.25, -0.2) is 14.8 Å². The predicted molar refractivity (Wildman–Crippen MR) is 76.5 cm³/mol. The molecule has 0 saturated carbocycles. The molecule has 2 rings (SSSR count). The van der Waals surface area contributed by atoms with Gasteiger partial charge in [-0.3, -0.25) is 0 Å². The number of nitrogens with one attached hydrogen (secondary N) is 3. The summed E-state index contributed by atoms with van der Waals surface area (Å²) < 4.78 is 1.76. The SMILES string of the molecule is C[C@H](NC(=O)NCCNc1ncccn1)c1nncn1C. The van der Waals surface area contributed by atoms with Crippen LogP contribution in [0.5, 0.6) is 0 Å². The van der Waals surface area contributed by atoms with E-state index >= 15 is 0 Å². The van der Waals surface area contributed by atoms with E-state index in [9.17, 15) is 4.79 Å². The second-order valence-corrected chi connectivity index (χ2v) is 4.42. The molecule has 0 unspecified atom stereocenters. The molecule has 0 fully saturated rings. The molecule has 112 valence electrons. The van der Waals surface area contributed by atoms with Gasteiger partial charge in [-0.15, -0.1) is 10.2 Å². The van der Waals surface area contributed by atoms with Crippen molar-refractivity contribution in [2.24, 2.45) is 7.05 Å². The number of carbonyl (C=O) groups is 1. The molecule has 9 nitrogen and oxygen atoms in total. The van der Waals surface area contributed by atoms with E-state index in [4.69, 9.17) is 0 Å². The first-order valence-electron chi connectivity index (χ1n) is 6.56. The number of hydrogen-bond acceptors (Lipinski definition) is 6. The van der Waals surface area contributed by atoms with Crippen molar-refractivity contribution in [2.45, 2.75) is 13.0 Å². The fraction of sp³-hybridized carbons (Fsp3) is 0.417. The number of amides is 2. The normalized spacial score (nSPS) is 11.7. The number of hydrogen-bond donors (Lipinski definition) is 3. The summed E-state index contributed by atoms with van der Waals surface area (Å²) in [5.41, 5.74) is 0. The Bertz CT molecular complexity index is 570. The molecule has 0 radical (unpaired) electrons. The summed E-state index contributed by atoms with van der Waals surface area (Å²) in [5, 5.41) is 16.3. The van der Waals surface area contributed by atoms with Crippen LogP contribution in [-0.2, 0) is 7.05 Å². The average Bonchev–Trinajstić information content (AvgIpc) is 2.91. The van der Waals surface area contributed by atoms with Gasteiger partial charge in [0, 0.05) is 32.5 Å². The van der Waals surface area contributed by atoms with Crippen LogP contribution >= 0.6 is 0 Å². The van der Waals surface area contributed by atoms with E-state index in [1.54, 1.807) is 29.4 Å². The van der Waals surface area contributed by atoms with Crippen molar-refractivity contribution in [1.29, 1.82) is 0 Å². The summed E-state index contributed by atoms with van der Waals surface area (Å²) in [6.45, 7) is 2.84. The minimum atomic E-state index is -0.263. The molecule has 0 saturated heterocycles. The number of aryl methyl sites for hydroxylation is 1. The molecule has 2 amide bonds. The van der Waals surface area contributed by atoms with Gasteiger partial charge in [-0.2, -0.15) is 0 Å². The summed E-state index contributed by atoms with van der Waals surface area (Å²) in [4.78, 5) is 19.8. The first kappa shape index (κ1) is 14.7. The van der Waals surface area contributed by atoms with Crippen LogP contribution in [0.3, 0.4) is 0 Å². The number of nitrogens with zero attached hydrogens (tertiary/aromatic N) is 5. The van der Waals surface area contributed by atoms with E-state index in [1.807, 2.05) is 14.0 Å². The van der Waals surface area contributed by atoms with Crippen LogP contribution < -0.4 is 16.0 Å². The first-order valence-corrected chi connectivity index (χ1v) is 6.56. The maximum Gasteiger partial charge on any atom is 0.315 e. The van der Waals surface area contributed by atoms with Gasteiger partial charge < -0.3 is 20.5 Å². The monoisotopic (exact) mass is 290 g/mol. The highest BCUT2D eigenvalue weighted by molar-refractivity contribution is 5.74. The van der Waals surface area contributed by atoms with Crippen molar-refractivity contribution in [3.05, 3.63) is 30.6 Å². The van der Waals surface area contributed by atoms with E-state index in [1.165, 1.54) is 0 Å². The second kappa shape index (κ2) is 7.17. The molecule has 0 aliphatic heterocycles. The van der Waals surface area contributed by atoms with Gasteiger partial charge in [0.05, 0.1) is 6.04 Å². The standard InChI is InChI=1S/C12H18N8O/c1-9(10-19-17-8-20(10)2)18-12(21)16-7-6-15-11-13-4-3-5-14-11/h3-5,8-9H,6-7H2,1-2H3,(H,13,14,15)(H2,16,18,21)/t9-/m0/s1. The number of urea groups is 1. The van der Waals surface area contributed by atoms with E-state index in [0.717, 1.165) is 0 Å². The zero-order chi connectivity index (χ0) is 15.1. The molecule has 0 aromatic carbocycles. The molecule has 1 atom stereocenters. The minimum Gasteiger partial charge on any atom is -0.352 e. The molecular weight excluding hydrogens is 272 g/mol. The van der Waals surface area contributed by atoms with Crippen LogP contribution in [0.25, 0.3) is 0 Å². The quantitative estimate of drug-likeness (QED) is 0.650. The van der Waals surface area contributed by atoms with E-state index in [-0.39, 0.29) is 12.1 Å². The third-order valence-electron chi connectivity index (χ3n) is 2.74. The van der Waals surface area contributed by atoms with Gasteiger partial charge in [0.15, 0.2) is 5.82 Å². The van der Waals surface area contributed by atoms with Crippen molar-refractivity contribution in [1.82, 2.24) is 35.4 Å². The molecule has 21 heavy (non-hydrogen) atoms. The Balaban J connectivity index is 1.67. The van der Waals surface area contributed by atoms with Crippen molar-refractivity contribution >= 4 is 12.0 Å². The molecule has 0 aliphatic carbocycles. The lowest BCUT2D eigenvalue weighted by Gasteiger charge is -2.13. The maximum absolute atomic E-state index is 11.7. The molecular formula is C12H18N8O. The topological polar surface area (TPSA) is 110 Å². The molecule has 2 aromatic heterocycles. The van der Waals surface area contributed by atoms with E-state index in [2.05, 4.69) is 36.1 Å². The lowest BCUT2D eigenvalue weighted by molar-refractivity contribution is 0.237. The fourth-order valence-electron chi connectivity index (χ4n) is 1.74. The van der Waals surface area contributed by atoms with Crippen LogP contribution in [0.4, 0.5) is 10.7 Å². The number of rotatable bonds is 6. The third-order valence-corrected chi connectivity index (χ3v) is 2.74. The Morgan fingerprint density at radius 1 is 1.33 bits per heavy atom. The number of aromatic nitrogens is 5. The molecule has 2 heterocycles. The average molecular weight is 290 g/mol. The van der Waals surface area contributed by atoms with Gasteiger partial charge in [0.1, 0.15) is 6.33 Å². The summed E-state index contributed by atoms with van der Waals surface area (Å²) in [7, 11) is 1.83. The van der Waals surface area contributed by atoms with Gasteiger partial charge in [0.25, 0.3) is 0 Å². The van der Waals surface area contributed by atoms with Crippen molar-refractivity contribution in [3.8, 4) is 0 Å². The summed E-state index contributed by atoms with van der Waals surface area (Å²) in [6, 6.07) is 1.26. The summed E-state index contributed by atoms with van der Waals surface area (Å²) >= 11 is 0. The van der Waals surface area contributed by atoms with Crippen LogP contribution in [0, 0.1) is 0 Å². The smallest absolute Gasteiger partial charge is 0.315 e. The molecule has 0 spiro atoms. The highest BCUT2D eigenvalue weighted by Gasteiger charge is 2.13. The van der Waals surface area contributed by atoms with Gasteiger partial charge in [0.2, 0.25) is 5.95 Å². The number of carbonyl (C=O) groups excluding carboxylic acids is 1. The Morgan fingerprint density at radius 2 is 2.10 bits per heavy atom. The lowest BCUT2D eigenvalue weighted by atomic mass is 10.3. The molecule has 2 aromatic rings. The van der Waals surface area contributed by atoms with Crippen LogP contribution in [0.2, 0.25) is 0 Å². The predicted octanol–water partition coefficient (Wildman–Crippen LogP) is 0.0774. The Kier molecular flexibility index (Phi) is 5.02. The Labute approximate surface area is 122 Å². The number of anilines is 1. The van der Waals surface area contributed by atoms with E-state index in [0.29, 0.717) is 24.9 Å². The largest absolute Gasteiger partial charge is 0.352 e. The lowest BCUT2D eigenvalue weighted by Crippen LogP contribution is -2.39. The van der Waals surface area contributed by atoms with Gasteiger partial charge in [-0.1, -0.05) is 0 Å². The summed E-state index contributed by atoms with van der Waals surface area (Å²) in [5.74, 6) is 1.23. The summed E-state index contributed by atoms with van der Waals surface area (Å²) in [6.07, 6.45) is 4.89. The van der Waals surface area contributed by atoms with Gasteiger partial charge >= 0.3 is 6.03 Å². The zero-order valence-corrected chi connectivity index (χ0v) is 11.9. The van der Waals surface area contributed by atoms with Crippen molar-refractivity contribution in [3.63, 3.8) is 0 Å². The van der Waals surface area contributed by atoms with Crippen molar-refractivity contribution in [2.75, 3.05) is 18.4 Å². The first-order chi connectivity index (χ1) is 10.2. The highest BCUT2D eigenvalue weighted by Crippen LogP contribution is 2.06. The molecule has 0 bridgehead atoms. The van der Waals surface area contributed by atoms with Crippen LogP contribution in [-0.4, -0.2) is 43.9 Å². The van der Waals surface area contributed by atoms with E-state index < -0.39 is 0 Å². The minimum absolute atomic E-state index is 0.220. The second-order valence-electron chi connectivity index (χ2n) is 4.42. The van der Waals surface area contributed by atoms with Crippen LogP contribution in [0.1, 0.15) is 18.8 Å². The highest BCUT2D eigenvalue weighted by atomic mass is 16.2. The Hall–Kier alpha value is -2.71. The molecule has 9 heteroatoms. The molecule has 0 aliphatic rings. The van der Waals surface area contributed by atoms with Gasteiger partial charge in [-0.05, 0) is 13.0 Å².